The van der Waals surface area contributed by atoms with Crippen LogP contribution in [0.3, 0.4) is 0 Å². The molecule has 1 aliphatic rings. The van der Waals surface area contributed by atoms with Gasteiger partial charge in [-0.05, 0) is 55.7 Å². The predicted octanol–water partition coefficient (Wildman–Crippen LogP) is 5.45. The second kappa shape index (κ2) is 5.56. The molecule has 0 radical (unpaired) electrons. The van der Waals surface area contributed by atoms with E-state index in [1.807, 2.05) is 0 Å². The van der Waals surface area contributed by atoms with E-state index in [0.29, 0.717) is 0 Å². The summed E-state index contributed by atoms with van der Waals surface area (Å²) in [4.78, 5) is 0. The third-order valence-electron chi connectivity index (χ3n) is 3.81. The SMILES string of the molecule is C=C/C(=C(\CCC)C1CC1)c1ccc(C)cc1C. The van der Waals surface area contributed by atoms with E-state index in [0.717, 1.165) is 5.92 Å². The fourth-order valence-corrected chi connectivity index (χ4v) is 2.79. The van der Waals surface area contributed by atoms with Crippen LogP contribution >= 0.6 is 0 Å². The van der Waals surface area contributed by atoms with Gasteiger partial charge in [-0.25, -0.2) is 0 Å². The summed E-state index contributed by atoms with van der Waals surface area (Å²) in [7, 11) is 0. The Labute approximate surface area is 111 Å². The number of rotatable bonds is 5. The van der Waals surface area contributed by atoms with Crippen LogP contribution in [-0.2, 0) is 0 Å². The Balaban J connectivity index is 2.48. The first kappa shape index (κ1) is 13.1. The molecule has 1 fully saturated rings. The molecule has 0 spiro atoms. The summed E-state index contributed by atoms with van der Waals surface area (Å²) in [6, 6.07) is 6.75. The first-order valence-electron chi connectivity index (χ1n) is 7.10. The van der Waals surface area contributed by atoms with Crippen LogP contribution in [0.5, 0.6) is 0 Å². The number of aryl methyl sites for hydroxylation is 2. The van der Waals surface area contributed by atoms with Crippen LogP contribution < -0.4 is 0 Å². The van der Waals surface area contributed by atoms with E-state index in [2.05, 4.69) is 51.6 Å². The number of benzene rings is 1. The summed E-state index contributed by atoms with van der Waals surface area (Å²) in [5, 5.41) is 0. The molecule has 18 heavy (non-hydrogen) atoms. The average molecular weight is 240 g/mol. The van der Waals surface area contributed by atoms with Crippen LogP contribution in [0.1, 0.15) is 49.3 Å². The maximum absolute atomic E-state index is 4.06. The molecule has 0 nitrogen and oxygen atoms in total. The van der Waals surface area contributed by atoms with E-state index < -0.39 is 0 Å². The normalized spacial score (nSPS) is 16.4. The molecule has 0 saturated heterocycles. The highest BCUT2D eigenvalue weighted by Gasteiger charge is 2.27. The maximum Gasteiger partial charge on any atom is -0.0155 e. The molecule has 0 atom stereocenters. The predicted molar refractivity (Wildman–Crippen MR) is 80.7 cm³/mol. The Morgan fingerprint density at radius 1 is 1.33 bits per heavy atom. The van der Waals surface area contributed by atoms with Crippen LogP contribution in [0.4, 0.5) is 0 Å². The minimum Gasteiger partial charge on any atom is -0.0984 e. The molecule has 1 aromatic carbocycles. The van der Waals surface area contributed by atoms with Crippen molar-refractivity contribution in [1.29, 1.82) is 0 Å². The molecular formula is C18H24. The Morgan fingerprint density at radius 3 is 2.56 bits per heavy atom. The van der Waals surface area contributed by atoms with Gasteiger partial charge in [-0.1, -0.05) is 55.3 Å². The second-order valence-electron chi connectivity index (χ2n) is 5.49. The van der Waals surface area contributed by atoms with Gasteiger partial charge in [-0.3, -0.25) is 0 Å². The molecule has 1 aliphatic carbocycles. The van der Waals surface area contributed by atoms with Gasteiger partial charge >= 0.3 is 0 Å². The van der Waals surface area contributed by atoms with E-state index in [4.69, 9.17) is 0 Å². The molecule has 0 aromatic heterocycles. The smallest absolute Gasteiger partial charge is 0.0155 e. The van der Waals surface area contributed by atoms with Gasteiger partial charge in [0.05, 0.1) is 0 Å². The van der Waals surface area contributed by atoms with Crippen LogP contribution in [-0.4, -0.2) is 0 Å². The van der Waals surface area contributed by atoms with E-state index >= 15 is 0 Å². The van der Waals surface area contributed by atoms with Crippen molar-refractivity contribution in [1.82, 2.24) is 0 Å². The minimum atomic E-state index is 0.832. The second-order valence-corrected chi connectivity index (χ2v) is 5.49. The van der Waals surface area contributed by atoms with Crippen molar-refractivity contribution in [3.8, 4) is 0 Å². The summed E-state index contributed by atoms with van der Waals surface area (Å²) < 4.78 is 0. The standard InChI is InChI=1S/C18H24/c1-5-7-18(15-9-10-15)16(6-2)17-11-8-13(3)12-14(17)4/h6,8,11-12,15H,2,5,7,9-10H2,1,3-4H3/b18-16-. The van der Waals surface area contributed by atoms with Crippen molar-refractivity contribution in [2.75, 3.05) is 0 Å². The topological polar surface area (TPSA) is 0 Å². The van der Waals surface area contributed by atoms with E-state index in [1.165, 1.54) is 47.9 Å². The van der Waals surface area contributed by atoms with Crippen LogP contribution in [0, 0.1) is 19.8 Å². The van der Waals surface area contributed by atoms with Gasteiger partial charge in [0.2, 0.25) is 0 Å². The zero-order valence-electron chi connectivity index (χ0n) is 11.9. The van der Waals surface area contributed by atoms with Gasteiger partial charge in [-0.15, -0.1) is 0 Å². The lowest BCUT2D eigenvalue weighted by atomic mass is 9.90. The van der Waals surface area contributed by atoms with Gasteiger partial charge in [0.1, 0.15) is 0 Å². The molecule has 1 saturated carbocycles. The summed E-state index contributed by atoms with van der Waals surface area (Å²) in [5.41, 5.74) is 7.13. The fraction of sp³-hybridized carbons (Fsp3) is 0.444. The van der Waals surface area contributed by atoms with Crippen molar-refractivity contribution in [2.45, 2.75) is 46.5 Å². The Hall–Kier alpha value is -1.30. The summed E-state index contributed by atoms with van der Waals surface area (Å²) in [5.74, 6) is 0.832. The highest BCUT2D eigenvalue weighted by molar-refractivity contribution is 5.78. The molecule has 0 aliphatic heterocycles. The zero-order chi connectivity index (χ0) is 13.1. The molecule has 96 valence electrons. The van der Waals surface area contributed by atoms with Crippen LogP contribution in [0.2, 0.25) is 0 Å². The molecule has 0 unspecified atom stereocenters. The Morgan fingerprint density at radius 2 is 2.06 bits per heavy atom. The third-order valence-corrected chi connectivity index (χ3v) is 3.81. The van der Waals surface area contributed by atoms with E-state index in [9.17, 15) is 0 Å². The molecule has 1 aromatic rings. The highest BCUT2D eigenvalue weighted by Crippen LogP contribution is 2.43. The molecular weight excluding hydrogens is 216 g/mol. The quantitative estimate of drug-likeness (QED) is 0.600. The molecule has 0 heterocycles. The lowest BCUT2D eigenvalue weighted by Gasteiger charge is -2.14. The minimum absolute atomic E-state index is 0.832. The Bertz CT molecular complexity index is 473. The number of hydrogen-bond donors (Lipinski definition) is 0. The van der Waals surface area contributed by atoms with Gasteiger partial charge < -0.3 is 0 Å². The number of hydrogen-bond acceptors (Lipinski definition) is 0. The van der Waals surface area contributed by atoms with Gasteiger partial charge in [-0.2, -0.15) is 0 Å². The lowest BCUT2D eigenvalue weighted by molar-refractivity contribution is 0.827. The molecule has 0 amide bonds. The van der Waals surface area contributed by atoms with Crippen LogP contribution in [0.15, 0.2) is 36.4 Å². The van der Waals surface area contributed by atoms with Crippen molar-refractivity contribution in [2.24, 2.45) is 5.92 Å². The maximum atomic E-state index is 4.06. The monoisotopic (exact) mass is 240 g/mol. The first-order chi connectivity index (χ1) is 8.67. The molecule has 2 rings (SSSR count). The van der Waals surface area contributed by atoms with Gasteiger partial charge in [0.25, 0.3) is 0 Å². The molecule has 0 bridgehead atoms. The summed E-state index contributed by atoms with van der Waals surface area (Å²) in [6.07, 6.45) is 7.27. The highest BCUT2D eigenvalue weighted by atomic mass is 14.3. The summed E-state index contributed by atoms with van der Waals surface area (Å²) in [6.45, 7) is 10.7. The lowest BCUT2D eigenvalue weighted by Crippen LogP contribution is -1.95. The zero-order valence-corrected chi connectivity index (χ0v) is 11.9. The van der Waals surface area contributed by atoms with E-state index in [-0.39, 0.29) is 0 Å². The molecule has 0 heteroatoms. The Kier molecular flexibility index (Phi) is 4.06. The van der Waals surface area contributed by atoms with Crippen LogP contribution in [0.25, 0.3) is 5.57 Å². The first-order valence-corrected chi connectivity index (χ1v) is 7.10. The van der Waals surface area contributed by atoms with Crippen molar-refractivity contribution < 1.29 is 0 Å². The average Bonchev–Trinajstić information content (AvgIpc) is 3.15. The summed E-state index contributed by atoms with van der Waals surface area (Å²) >= 11 is 0. The van der Waals surface area contributed by atoms with Gasteiger partial charge in [0, 0.05) is 0 Å². The van der Waals surface area contributed by atoms with Crippen molar-refractivity contribution in [3.63, 3.8) is 0 Å². The van der Waals surface area contributed by atoms with E-state index in [1.54, 1.807) is 5.57 Å². The number of allylic oxidation sites excluding steroid dienone is 3. The fourth-order valence-electron chi connectivity index (χ4n) is 2.79. The largest absolute Gasteiger partial charge is 0.0984 e. The van der Waals surface area contributed by atoms with Crippen molar-refractivity contribution in [3.05, 3.63) is 53.1 Å². The van der Waals surface area contributed by atoms with Crippen molar-refractivity contribution >= 4 is 5.57 Å². The molecule has 0 N–H and O–H groups in total. The van der Waals surface area contributed by atoms with Gasteiger partial charge in [0.15, 0.2) is 0 Å². The third kappa shape index (κ3) is 2.75.